The van der Waals surface area contributed by atoms with Gasteiger partial charge in [-0.1, -0.05) is 0 Å². The van der Waals surface area contributed by atoms with Crippen LogP contribution in [0.4, 0.5) is 4.39 Å². The number of amides is 1. The molecule has 1 fully saturated rings. The normalized spacial score (nSPS) is 15.6. The lowest BCUT2D eigenvalue weighted by atomic mass is 10.1. The molecule has 6 nitrogen and oxygen atoms in total. The summed E-state index contributed by atoms with van der Waals surface area (Å²) in [5.74, 6) is 0.633. The van der Waals surface area contributed by atoms with Gasteiger partial charge in [-0.25, -0.2) is 14.4 Å². The first kappa shape index (κ1) is 15.6. The summed E-state index contributed by atoms with van der Waals surface area (Å²) in [7, 11) is 0. The Morgan fingerprint density at radius 2 is 1.96 bits per heavy atom. The van der Waals surface area contributed by atoms with E-state index in [1.165, 1.54) is 6.20 Å². The Hall–Kier alpha value is -2.96. The molecule has 25 heavy (non-hydrogen) atoms. The quantitative estimate of drug-likeness (QED) is 0.779. The van der Waals surface area contributed by atoms with Gasteiger partial charge in [0.15, 0.2) is 0 Å². The molecule has 0 spiro atoms. The van der Waals surface area contributed by atoms with Gasteiger partial charge in [-0.15, -0.1) is 0 Å². The lowest BCUT2D eigenvalue weighted by Crippen LogP contribution is -2.39. The van der Waals surface area contributed by atoms with Crippen molar-refractivity contribution in [1.82, 2.24) is 19.4 Å². The second-order valence-corrected chi connectivity index (χ2v) is 6.16. The van der Waals surface area contributed by atoms with Gasteiger partial charge in [0.2, 0.25) is 0 Å². The highest BCUT2D eigenvalue weighted by Gasteiger charge is 2.23. The number of benzene rings is 1. The van der Waals surface area contributed by atoms with Gasteiger partial charge in [-0.2, -0.15) is 0 Å². The fourth-order valence-corrected chi connectivity index (χ4v) is 3.08. The van der Waals surface area contributed by atoms with Crippen molar-refractivity contribution in [2.24, 2.45) is 0 Å². The Kier molecular flexibility index (Phi) is 3.83. The molecule has 3 heterocycles. The van der Waals surface area contributed by atoms with Gasteiger partial charge in [0.05, 0.1) is 17.2 Å². The van der Waals surface area contributed by atoms with E-state index in [1.807, 2.05) is 6.07 Å². The van der Waals surface area contributed by atoms with Crippen LogP contribution in [0, 0.1) is 0 Å². The van der Waals surface area contributed by atoms with Gasteiger partial charge in [-0.05, 0) is 43.2 Å². The maximum atomic E-state index is 13.2. The largest absolute Gasteiger partial charge is 0.506 e. The van der Waals surface area contributed by atoms with E-state index in [4.69, 9.17) is 0 Å². The number of hydrogen-bond donors (Lipinski definition) is 1. The fraction of sp³-hybridized carbons (Fsp3) is 0.278. The van der Waals surface area contributed by atoms with E-state index in [0.717, 1.165) is 5.52 Å². The number of alkyl halides is 1. The lowest BCUT2D eigenvalue weighted by Gasteiger charge is -2.28. The predicted molar refractivity (Wildman–Crippen MR) is 90.6 cm³/mol. The number of carbonyl (C=O) groups is 1. The standard InChI is InChI=1S/C18H17FN4O2/c19-13-5-7-22(8-6-13)18(25)12-1-3-16-15(9-12)21-11-23(16)17-4-2-14(24)10-20-17/h1-4,9-11,13,24H,5-8H2. The van der Waals surface area contributed by atoms with Crippen molar-refractivity contribution in [1.29, 1.82) is 0 Å². The van der Waals surface area contributed by atoms with E-state index in [2.05, 4.69) is 9.97 Å². The second kappa shape index (κ2) is 6.16. The van der Waals surface area contributed by atoms with Gasteiger partial charge in [0.1, 0.15) is 24.1 Å². The third-order valence-electron chi connectivity index (χ3n) is 4.48. The Bertz CT molecular complexity index is 914. The smallest absolute Gasteiger partial charge is 0.253 e. The minimum absolute atomic E-state index is 0.0916. The topological polar surface area (TPSA) is 71.2 Å². The molecule has 0 radical (unpaired) electrons. The highest BCUT2D eigenvalue weighted by Crippen LogP contribution is 2.21. The van der Waals surface area contributed by atoms with Crippen LogP contribution in [0.15, 0.2) is 42.9 Å². The van der Waals surface area contributed by atoms with E-state index in [9.17, 15) is 14.3 Å². The molecule has 0 unspecified atom stereocenters. The number of aromatic hydroxyl groups is 1. The van der Waals surface area contributed by atoms with Crippen molar-refractivity contribution in [3.63, 3.8) is 0 Å². The summed E-state index contributed by atoms with van der Waals surface area (Å²) in [6, 6.07) is 8.57. The molecule has 1 saturated heterocycles. The number of carbonyl (C=O) groups excluding carboxylic acids is 1. The van der Waals surface area contributed by atoms with Crippen LogP contribution in [0.5, 0.6) is 5.75 Å². The molecular weight excluding hydrogens is 323 g/mol. The molecule has 3 aromatic rings. The van der Waals surface area contributed by atoms with Crippen LogP contribution in [-0.4, -0.2) is 49.7 Å². The number of likely N-dealkylation sites (tertiary alicyclic amines) is 1. The number of pyridine rings is 1. The van der Waals surface area contributed by atoms with Gasteiger partial charge >= 0.3 is 0 Å². The highest BCUT2D eigenvalue weighted by molar-refractivity contribution is 5.97. The molecule has 128 valence electrons. The Morgan fingerprint density at radius 1 is 1.16 bits per heavy atom. The molecular formula is C18H17FN4O2. The van der Waals surface area contributed by atoms with Crippen LogP contribution in [0.25, 0.3) is 16.9 Å². The van der Waals surface area contributed by atoms with Gasteiger partial charge in [0.25, 0.3) is 5.91 Å². The van der Waals surface area contributed by atoms with Crippen molar-refractivity contribution >= 4 is 16.9 Å². The Balaban J connectivity index is 1.63. The van der Waals surface area contributed by atoms with Crippen molar-refractivity contribution in [2.45, 2.75) is 19.0 Å². The van der Waals surface area contributed by atoms with Crippen LogP contribution in [-0.2, 0) is 0 Å². The van der Waals surface area contributed by atoms with Gasteiger partial charge in [-0.3, -0.25) is 9.36 Å². The molecule has 4 rings (SSSR count). The average Bonchev–Trinajstić information content (AvgIpc) is 3.05. The van der Waals surface area contributed by atoms with Crippen LogP contribution in [0.3, 0.4) is 0 Å². The summed E-state index contributed by atoms with van der Waals surface area (Å²) >= 11 is 0. The summed E-state index contributed by atoms with van der Waals surface area (Å²) in [6.07, 6.45) is 2.99. The SMILES string of the molecule is O=C(c1ccc2c(c1)ncn2-c1ccc(O)cn1)N1CCC(F)CC1. The minimum atomic E-state index is -0.806. The van der Waals surface area contributed by atoms with Crippen molar-refractivity contribution < 1.29 is 14.3 Å². The molecule has 0 bridgehead atoms. The number of nitrogens with zero attached hydrogens (tertiary/aromatic N) is 4. The van der Waals surface area contributed by atoms with Crippen LogP contribution < -0.4 is 0 Å². The third kappa shape index (κ3) is 2.93. The number of halogens is 1. The molecule has 2 aromatic heterocycles. The lowest BCUT2D eigenvalue weighted by molar-refractivity contribution is 0.0667. The zero-order valence-electron chi connectivity index (χ0n) is 13.5. The fourth-order valence-electron chi connectivity index (χ4n) is 3.08. The van der Waals surface area contributed by atoms with Gasteiger partial charge < -0.3 is 10.0 Å². The zero-order chi connectivity index (χ0) is 17.4. The van der Waals surface area contributed by atoms with Gasteiger partial charge in [0, 0.05) is 18.7 Å². The van der Waals surface area contributed by atoms with E-state index >= 15 is 0 Å². The predicted octanol–water partition coefficient (Wildman–Crippen LogP) is 2.70. The molecule has 0 aliphatic carbocycles. The average molecular weight is 340 g/mol. The first-order valence-corrected chi connectivity index (χ1v) is 8.17. The van der Waals surface area contributed by atoms with E-state index in [-0.39, 0.29) is 11.7 Å². The zero-order valence-corrected chi connectivity index (χ0v) is 13.5. The molecule has 1 aliphatic rings. The van der Waals surface area contributed by atoms with Crippen molar-refractivity contribution in [2.75, 3.05) is 13.1 Å². The molecule has 1 N–H and O–H groups in total. The monoisotopic (exact) mass is 340 g/mol. The number of hydrogen-bond acceptors (Lipinski definition) is 4. The van der Waals surface area contributed by atoms with E-state index in [0.29, 0.717) is 42.8 Å². The molecule has 1 amide bonds. The summed E-state index contributed by atoms with van der Waals surface area (Å²) < 4.78 is 15.0. The number of rotatable bonds is 2. The Labute approximate surface area is 143 Å². The minimum Gasteiger partial charge on any atom is -0.506 e. The van der Waals surface area contributed by atoms with Crippen molar-refractivity contribution in [3.8, 4) is 11.6 Å². The van der Waals surface area contributed by atoms with E-state index < -0.39 is 6.17 Å². The Morgan fingerprint density at radius 3 is 2.68 bits per heavy atom. The maximum Gasteiger partial charge on any atom is 0.253 e. The first-order valence-electron chi connectivity index (χ1n) is 8.17. The van der Waals surface area contributed by atoms with Crippen molar-refractivity contribution in [3.05, 3.63) is 48.4 Å². The molecule has 1 aliphatic heterocycles. The second-order valence-electron chi connectivity index (χ2n) is 6.16. The number of piperidine rings is 1. The maximum absolute atomic E-state index is 13.2. The molecule has 7 heteroatoms. The van der Waals surface area contributed by atoms with Crippen LogP contribution in [0.2, 0.25) is 0 Å². The highest BCUT2D eigenvalue weighted by atomic mass is 19.1. The summed E-state index contributed by atoms with van der Waals surface area (Å²) in [6.45, 7) is 0.897. The number of aromatic nitrogens is 3. The number of imidazole rings is 1. The van der Waals surface area contributed by atoms with Crippen LogP contribution in [0.1, 0.15) is 23.2 Å². The molecule has 1 aromatic carbocycles. The molecule has 0 atom stereocenters. The third-order valence-corrected chi connectivity index (χ3v) is 4.48. The van der Waals surface area contributed by atoms with E-state index in [1.54, 1.807) is 40.1 Å². The summed E-state index contributed by atoms with van der Waals surface area (Å²) in [5, 5.41) is 9.35. The first-order chi connectivity index (χ1) is 12.1. The van der Waals surface area contributed by atoms with Crippen LogP contribution >= 0.6 is 0 Å². The summed E-state index contributed by atoms with van der Waals surface area (Å²) in [5.41, 5.74) is 2.05. The number of fused-ring (bicyclic) bond motifs is 1. The molecule has 0 saturated carbocycles. The summed E-state index contributed by atoms with van der Waals surface area (Å²) in [4.78, 5) is 22.8.